The van der Waals surface area contributed by atoms with Gasteiger partial charge in [0.15, 0.2) is 12.4 Å². The van der Waals surface area contributed by atoms with Gasteiger partial charge >= 0.3 is 11.9 Å². The largest absolute Gasteiger partial charge is 1.00 e. The summed E-state index contributed by atoms with van der Waals surface area (Å²) in [6.07, 6.45) is 0.849. The summed E-state index contributed by atoms with van der Waals surface area (Å²) in [5.74, 6) is -5.40. The highest BCUT2D eigenvalue weighted by atomic mass is 127. The number of fused-ring (bicyclic) bond motifs is 2. The van der Waals surface area contributed by atoms with Crippen molar-refractivity contribution in [1.29, 1.82) is 0 Å². The number of aromatic carboxylic acids is 1. The molecule has 51 heavy (non-hydrogen) atoms. The average molecular weight is 844 g/mol. The third kappa shape index (κ3) is 7.25. The van der Waals surface area contributed by atoms with Crippen LogP contribution in [0.2, 0.25) is 0 Å². The van der Waals surface area contributed by atoms with Crippen molar-refractivity contribution >= 4 is 52.1 Å². The van der Waals surface area contributed by atoms with Gasteiger partial charge in [0, 0.05) is 17.5 Å². The number of piperazine rings is 1. The number of aryl methyl sites for hydroxylation is 1. The molecule has 2 saturated heterocycles. The molecular weight excluding hydrogens is 810 g/mol. The van der Waals surface area contributed by atoms with Crippen molar-refractivity contribution in [3.63, 3.8) is 0 Å². The average Bonchev–Trinajstić information content (AvgIpc) is 3.08. The number of likely N-dealkylation sites (N-methyl/N-ethyl adjacent to an activating group) is 1. The molecule has 6 rings (SSSR count). The van der Waals surface area contributed by atoms with E-state index in [9.17, 15) is 38.6 Å². The molecule has 2 fully saturated rings. The summed E-state index contributed by atoms with van der Waals surface area (Å²) in [4.78, 5) is 65.0. The Morgan fingerprint density at radius 3 is 2.39 bits per heavy atom. The molecule has 3 aliphatic rings. The van der Waals surface area contributed by atoms with E-state index in [0.29, 0.717) is 24.4 Å². The highest BCUT2D eigenvalue weighted by Gasteiger charge is 2.55. The topological polar surface area (TPSA) is 158 Å². The number of para-hydroxylation sites is 1. The zero-order chi connectivity index (χ0) is 35.9. The number of carboxylic acids is 2. The summed E-state index contributed by atoms with van der Waals surface area (Å²) in [7, 11) is 1.87. The van der Waals surface area contributed by atoms with Crippen molar-refractivity contribution in [2.45, 2.75) is 18.0 Å². The van der Waals surface area contributed by atoms with E-state index in [2.05, 4.69) is 5.32 Å². The molecule has 3 aromatic rings. The highest BCUT2D eigenvalue weighted by Crippen LogP contribution is 2.41. The van der Waals surface area contributed by atoms with E-state index in [1.54, 1.807) is 30.3 Å². The number of halogens is 4. The number of thioether (sulfide) groups is 1. The highest BCUT2D eigenvalue weighted by molar-refractivity contribution is 8.00. The maximum atomic E-state index is 16.0. The lowest BCUT2D eigenvalue weighted by molar-refractivity contribution is -0.905. The van der Waals surface area contributed by atoms with Gasteiger partial charge < -0.3 is 58.2 Å². The van der Waals surface area contributed by atoms with E-state index in [-0.39, 0.29) is 66.2 Å². The molecule has 18 heteroatoms. The molecule has 0 aliphatic carbocycles. The minimum Gasteiger partial charge on any atom is -1.00 e. The first kappa shape index (κ1) is 37.9. The summed E-state index contributed by atoms with van der Waals surface area (Å²) >= 11 is 1.33. The molecule has 0 spiro atoms. The Hall–Kier alpha value is -4.30. The number of benzene rings is 2. The second-order valence-corrected chi connectivity index (χ2v) is 13.6. The number of anilines is 1. The Labute approximate surface area is 310 Å². The van der Waals surface area contributed by atoms with E-state index in [4.69, 9.17) is 4.74 Å². The third-order valence-corrected chi connectivity index (χ3v) is 10.5. The molecule has 3 aliphatic heterocycles. The molecular formula is C33H33F3IN5O8S. The van der Waals surface area contributed by atoms with Crippen LogP contribution in [0.25, 0.3) is 10.9 Å². The fourth-order valence-corrected chi connectivity index (χ4v) is 8.00. The van der Waals surface area contributed by atoms with Crippen LogP contribution in [0.3, 0.4) is 0 Å². The number of nitrogens with one attached hydrogen (secondary N) is 1. The second-order valence-electron chi connectivity index (χ2n) is 12.5. The van der Waals surface area contributed by atoms with Gasteiger partial charge in [0.25, 0.3) is 11.8 Å². The van der Waals surface area contributed by atoms with Crippen LogP contribution in [0.5, 0.6) is 5.75 Å². The Kier molecular flexibility index (Phi) is 11.3. The molecule has 272 valence electrons. The minimum atomic E-state index is -1.61. The van der Waals surface area contributed by atoms with Gasteiger partial charge in [0.2, 0.25) is 5.43 Å². The summed E-state index contributed by atoms with van der Waals surface area (Å²) in [5, 5.41) is 21.1. The third-order valence-electron chi connectivity index (χ3n) is 9.17. The number of hydrogen-bond donors (Lipinski definition) is 3. The van der Waals surface area contributed by atoms with Crippen LogP contribution >= 0.6 is 11.8 Å². The number of aromatic nitrogens is 1. The van der Waals surface area contributed by atoms with Gasteiger partial charge in [-0.25, -0.2) is 22.8 Å². The SMILES string of the molecule is C[N+]1(CC2=C(C(=O)O)N3C(=O)[C@H](NC(=O)COc4ccccc4)[C@@H]3SC2)CCN(c2c(F)cc3c(=O)c(C(=O)O)cn(CCF)c3c2F)CC1.[I-]. The number of carbonyl (C=O) groups is 4. The molecule has 4 heterocycles. The maximum absolute atomic E-state index is 16.0. The summed E-state index contributed by atoms with van der Waals surface area (Å²) in [6, 6.07) is 8.53. The second kappa shape index (κ2) is 15.1. The van der Waals surface area contributed by atoms with Gasteiger partial charge in [-0.05, 0) is 18.2 Å². The summed E-state index contributed by atoms with van der Waals surface area (Å²) < 4.78 is 51.5. The van der Waals surface area contributed by atoms with Crippen LogP contribution < -0.4 is 44.4 Å². The Bertz CT molecular complexity index is 1990. The van der Waals surface area contributed by atoms with E-state index < -0.39 is 87.6 Å². The number of pyridine rings is 1. The van der Waals surface area contributed by atoms with Crippen LogP contribution in [-0.2, 0) is 20.9 Å². The van der Waals surface area contributed by atoms with Crippen molar-refractivity contribution in [3.05, 3.63) is 81.3 Å². The first-order chi connectivity index (χ1) is 23.8. The number of rotatable bonds is 11. The maximum Gasteiger partial charge on any atom is 0.352 e. The molecule has 2 aromatic carbocycles. The van der Waals surface area contributed by atoms with Gasteiger partial charge in [-0.1, -0.05) is 18.2 Å². The molecule has 2 amide bonds. The number of hydrogen-bond acceptors (Lipinski definition) is 8. The summed E-state index contributed by atoms with van der Waals surface area (Å²) in [5.41, 5.74) is -2.30. The molecule has 0 bridgehead atoms. The van der Waals surface area contributed by atoms with E-state index in [0.717, 1.165) is 16.8 Å². The Balaban J connectivity index is 0.00000504. The van der Waals surface area contributed by atoms with Crippen molar-refractivity contribution in [3.8, 4) is 5.75 Å². The predicted molar refractivity (Wildman–Crippen MR) is 176 cm³/mol. The van der Waals surface area contributed by atoms with Crippen LogP contribution in [0.4, 0.5) is 18.9 Å². The number of nitrogens with zero attached hydrogens (tertiary/aromatic N) is 4. The minimum absolute atomic E-state index is 0. The number of amides is 2. The van der Waals surface area contributed by atoms with Crippen LogP contribution in [0.15, 0.2) is 58.7 Å². The molecule has 1 aromatic heterocycles. The summed E-state index contributed by atoms with van der Waals surface area (Å²) in [6.45, 7) is -0.623. The quantitative estimate of drug-likeness (QED) is 0.125. The zero-order valence-electron chi connectivity index (χ0n) is 27.1. The lowest BCUT2D eigenvalue weighted by Crippen LogP contribution is -3.00. The molecule has 0 radical (unpaired) electrons. The number of aliphatic carboxylic acids is 1. The Morgan fingerprint density at radius 1 is 1.08 bits per heavy atom. The molecule has 13 nitrogen and oxygen atoms in total. The van der Waals surface area contributed by atoms with Gasteiger partial charge in [-0.3, -0.25) is 19.3 Å². The lowest BCUT2D eigenvalue weighted by Gasteiger charge is -2.50. The van der Waals surface area contributed by atoms with E-state index in [1.165, 1.54) is 21.6 Å². The number of carbonyl (C=O) groups excluding carboxylic acids is 2. The standard InChI is InChI=1S/C33H32F3N5O8S.HI/c1-41(11-9-38(10-12-41)28-22(35)13-20-27(24(28)36)39(8-7-34)14-21(29(20)43)32(45)46)15-18-17-50-31-25(30(44)40(31)26(18)33(47)48)37-23(42)16-49-19-5-3-2-4-6-19;/h2-6,13-14,25,31H,7-12,15-17H2,1H3,(H2-,37,42,45,46,47,48);1H/t25-,31-;/m0./s1. The Morgan fingerprint density at radius 2 is 1.76 bits per heavy atom. The van der Waals surface area contributed by atoms with E-state index in [1.807, 2.05) is 7.05 Å². The number of alkyl halides is 1. The number of ether oxygens (including phenoxy) is 1. The van der Waals surface area contributed by atoms with Crippen LogP contribution in [0.1, 0.15) is 10.4 Å². The van der Waals surface area contributed by atoms with Crippen LogP contribution in [-0.4, -0.2) is 118 Å². The van der Waals surface area contributed by atoms with Crippen molar-refractivity contribution in [1.82, 2.24) is 14.8 Å². The molecule has 2 atom stereocenters. The smallest absolute Gasteiger partial charge is 0.352 e. The van der Waals surface area contributed by atoms with Crippen LogP contribution in [0, 0.1) is 11.6 Å². The van der Waals surface area contributed by atoms with E-state index >= 15 is 8.78 Å². The number of quaternary nitrogens is 1. The zero-order valence-corrected chi connectivity index (χ0v) is 30.1. The number of carboxylic acid groups (broad SMARTS) is 2. The lowest BCUT2D eigenvalue weighted by atomic mass is 10.0. The van der Waals surface area contributed by atoms with Crippen molar-refractivity contribution < 1.29 is 75.8 Å². The first-order valence-electron chi connectivity index (χ1n) is 15.6. The number of β-lactam (4-membered cyclic amide) rings is 1. The van der Waals surface area contributed by atoms with Gasteiger partial charge in [0.05, 0.1) is 50.7 Å². The first-order valence-corrected chi connectivity index (χ1v) is 16.7. The van der Waals surface area contributed by atoms with Crippen molar-refractivity contribution in [2.24, 2.45) is 0 Å². The fraction of sp³-hybridized carbons (Fsp3) is 0.364. The molecule has 0 saturated carbocycles. The van der Waals surface area contributed by atoms with Gasteiger partial charge in [-0.15, -0.1) is 11.8 Å². The van der Waals surface area contributed by atoms with Crippen molar-refractivity contribution in [2.75, 3.05) is 63.7 Å². The van der Waals surface area contributed by atoms with Gasteiger partial charge in [0.1, 0.15) is 53.1 Å². The monoisotopic (exact) mass is 843 g/mol. The molecule has 0 unspecified atom stereocenters. The fourth-order valence-electron chi connectivity index (χ4n) is 6.66. The van der Waals surface area contributed by atoms with Gasteiger partial charge in [-0.2, -0.15) is 0 Å². The predicted octanol–water partition coefficient (Wildman–Crippen LogP) is -0.964. The normalized spacial score (nSPS) is 19.6. The molecule has 3 N–H and O–H groups in total.